The summed E-state index contributed by atoms with van der Waals surface area (Å²) in [4.78, 5) is 4.44. The maximum absolute atomic E-state index is 12.6. The smallest absolute Gasteiger partial charge is 0.387 e. The van der Waals surface area contributed by atoms with Crippen LogP contribution in [0.4, 0.5) is 8.78 Å². The van der Waals surface area contributed by atoms with E-state index in [1.165, 1.54) is 12.3 Å². The van der Waals surface area contributed by atoms with Gasteiger partial charge in [-0.05, 0) is 32.8 Å². The molecule has 6 nitrogen and oxygen atoms in total. The van der Waals surface area contributed by atoms with Crippen molar-refractivity contribution in [1.82, 2.24) is 10.6 Å². The SMILES string of the molecule is CCNC(=NCc1cc(C)ccc1OC(F)F)NCC1(CS(C)(=O)=O)CC1.I. The number of ether oxygens (including phenoxy) is 1. The number of hydrogen-bond donors (Lipinski definition) is 2. The highest BCUT2D eigenvalue weighted by Crippen LogP contribution is 2.46. The monoisotopic (exact) mass is 531 g/mol. The Kier molecular flexibility index (Phi) is 9.38. The van der Waals surface area contributed by atoms with Crippen LogP contribution in [0.25, 0.3) is 0 Å². The Morgan fingerprint density at radius 1 is 1.32 bits per heavy atom. The molecule has 1 saturated carbocycles. The second-order valence-electron chi connectivity index (χ2n) is 7.11. The van der Waals surface area contributed by atoms with Crippen molar-refractivity contribution in [3.63, 3.8) is 0 Å². The first kappa shape index (κ1) is 24.9. The second-order valence-corrected chi connectivity index (χ2v) is 9.25. The molecule has 1 aliphatic rings. The van der Waals surface area contributed by atoms with Crippen LogP contribution in [0.1, 0.15) is 30.9 Å². The van der Waals surface area contributed by atoms with Crippen LogP contribution < -0.4 is 15.4 Å². The zero-order valence-corrected chi connectivity index (χ0v) is 19.4. The molecule has 1 fully saturated rings. The molecule has 2 N–H and O–H groups in total. The van der Waals surface area contributed by atoms with E-state index in [0.29, 0.717) is 24.6 Å². The quantitative estimate of drug-likeness (QED) is 0.291. The van der Waals surface area contributed by atoms with Crippen LogP contribution in [0.2, 0.25) is 0 Å². The van der Waals surface area contributed by atoms with Gasteiger partial charge in [-0.15, -0.1) is 24.0 Å². The Bertz CT molecular complexity index is 784. The number of guanidine groups is 1. The molecule has 1 aromatic carbocycles. The minimum Gasteiger partial charge on any atom is -0.434 e. The lowest BCUT2D eigenvalue weighted by molar-refractivity contribution is -0.0504. The van der Waals surface area contributed by atoms with Gasteiger partial charge in [0, 0.05) is 30.3 Å². The van der Waals surface area contributed by atoms with Crippen LogP contribution in [0.5, 0.6) is 5.75 Å². The van der Waals surface area contributed by atoms with Crippen LogP contribution in [0, 0.1) is 12.3 Å². The first-order valence-electron chi connectivity index (χ1n) is 8.87. The molecule has 1 aliphatic carbocycles. The van der Waals surface area contributed by atoms with Crippen molar-refractivity contribution in [2.45, 2.75) is 39.8 Å². The molecule has 0 saturated heterocycles. The number of nitrogens with zero attached hydrogens (tertiary/aromatic N) is 1. The molecule has 0 amide bonds. The third kappa shape index (κ3) is 8.46. The van der Waals surface area contributed by atoms with Gasteiger partial charge in [0.15, 0.2) is 5.96 Å². The fourth-order valence-corrected chi connectivity index (χ4v) is 4.43. The van der Waals surface area contributed by atoms with E-state index >= 15 is 0 Å². The highest BCUT2D eigenvalue weighted by molar-refractivity contribution is 14.0. The van der Waals surface area contributed by atoms with Crippen molar-refractivity contribution < 1.29 is 21.9 Å². The van der Waals surface area contributed by atoms with Crippen LogP contribution in [-0.2, 0) is 16.4 Å². The van der Waals surface area contributed by atoms with Gasteiger partial charge in [-0.2, -0.15) is 8.78 Å². The Morgan fingerprint density at radius 2 is 2.00 bits per heavy atom. The molecule has 1 aromatic rings. The Labute approximate surface area is 182 Å². The maximum Gasteiger partial charge on any atom is 0.387 e. The largest absolute Gasteiger partial charge is 0.434 e. The number of sulfone groups is 1. The Hall–Kier alpha value is -1.17. The van der Waals surface area contributed by atoms with Crippen molar-refractivity contribution in [2.75, 3.05) is 25.1 Å². The Balaban J connectivity index is 0.00000392. The van der Waals surface area contributed by atoms with Crippen LogP contribution in [-0.4, -0.2) is 46.1 Å². The van der Waals surface area contributed by atoms with Gasteiger partial charge in [-0.3, -0.25) is 0 Å². The number of rotatable bonds is 9. The number of halogens is 3. The van der Waals surface area contributed by atoms with Crippen LogP contribution in [0.3, 0.4) is 0 Å². The van der Waals surface area contributed by atoms with Gasteiger partial charge in [0.2, 0.25) is 0 Å². The van der Waals surface area contributed by atoms with Crippen molar-refractivity contribution in [1.29, 1.82) is 0 Å². The van der Waals surface area contributed by atoms with E-state index in [-0.39, 0.29) is 47.4 Å². The highest BCUT2D eigenvalue weighted by Gasteiger charge is 2.45. The number of aryl methyl sites for hydroxylation is 1. The molecule has 0 aromatic heterocycles. The average Bonchev–Trinajstić information content (AvgIpc) is 3.29. The molecule has 160 valence electrons. The van der Waals surface area contributed by atoms with E-state index in [9.17, 15) is 17.2 Å². The summed E-state index contributed by atoms with van der Waals surface area (Å²) in [5.74, 6) is 0.768. The van der Waals surface area contributed by atoms with E-state index in [1.807, 2.05) is 13.8 Å². The van der Waals surface area contributed by atoms with Gasteiger partial charge in [-0.25, -0.2) is 13.4 Å². The topological polar surface area (TPSA) is 79.8 Å². The van der Waals surface area contributed by atoms with E-state index in [1.54, 1.807) is 12.1 Å². The molecule has 0 radical (unpaired) electrons. The minimum absolute atomic E-state index is 0. The lowest BCUT2D eigenvalue weighted by Gasteiger charge is -2.18. The third-order valence-electron chi connectivity index (χ3n) is 4.34. The molecule has 0 aliphatic heterocycles. The summed E-state index contributed by atoms with van der Waals surface area (Å²) in [5.41, 5.74) is 1.24. The van der Waals surface area contributed by atoms with Crippen LogP contribution in [0.15, 0.2) is 23.2 Å². The molecule has 0 unspecified atom stereocenters. The molecule has 28 heavy (non-hydrogen) atoms. The standard InChI is InChI=1S/C18H27F2N3O3S.HI/c1-4-21-17(23-11-18(7-8-18)12-27(3,24)25)22-10-14-9-13(2)5-6-15(14)26-16(19)20;/h5-6,9,16H,4,7-8,10-12H2,1-3H3,(H2,21,22,23);1H. The van der Waals surface area contributed by atoms with E-state index < -0.39 is 16.4 Å². The van der Waals surface area contributed by atoms with E-state index in [4.69, 9.17) is 0 Å². The normalized spacial score (nSPS) is 15.7. The molecule has 0 bridgehead atoms. The maximum atomic E-state index is 12.6. The van der Waals surface area contributed by atoms with E-state index in [2.05, 4.69) is 20.4 Å². The predicted octanol–water partition coefficient (Wildman–Crippen LogP) is 3.09. The van der Waals surface area contributed by atoms with Gasteiger partial charge >= 0.3 is 6.61 Å². The zero-order chi connectivity index (χ0) is 20.1. The first-order valence-corrected chi connectivity index (χ1v) is 10.9. The van der Waals surface area contributed by atoms with Gasteiger partial charge in [0.25, 0.3) is 0 Å². The summed E-state index contributed by atoms with van der Waals surface area (Å²) in [6, 6.07) is 4.98. The summed E-state index contributed by atoms with van der Waals surface area (Å²) < 4.78 is 52.9. The average molecular weight is 531 g/mol. The number of alkyl halides is 2. The van der Waals surface area contributed by atoms with Gasteiger partial charge in [-0.1, -0.05) is 17.7 Å². The van der Waals surface area contributed by atoms with Crippen molar-refractivity contribution in [2.24, 2.45) is 10.4 Å². The molecule has 0 atom stereocenters. The fraction of sp³-hybridized carbons (Fsp3) is 0.611. The number of hydrogen-bond acceptors (Lipinski definition) is 4. The Morgan fingerprint density at radius 3 is 2.54 bits per heavy atom. The van der Waals surface area contributed by atoms with Crippen molar-refractivity contribution >= 4 is 39.8 Å². The zero-order valence-electron chi connectivity index (χ0n) is 16.3. The molecule has 0 heterocycles. The lowest BCUT2D eigenvalue weighted by Crippen LogP contribution is -2.41. The van der Waals surface area contributed by atoms with Gasteiger partial charge in [0.1, 0.15) is 15.6 Å². The first-order chi connectivity index (χ1) is 12.6. The van der Waals surface area contributed by atoms with Crippen molar-refractivity contribution in [3.8, 4) is 5.75 Å². The summed E-state index contributed by atoms with van der Waals surface area (Å²) in [5, 5.41) is 6.27. The highest BCUT2D eigenvalue weighted by atomic mass is 127. The molecular weight excluding hydrogens is 503 g/mol. The van der Waals surface area contributed by atoms with Gasteiger partial charge < -0.3 is 15.4 Å². The number of aliphatic imine (C=N–C) groups is 1. The summed E-state index contributed by atoms with van der Waals surface area (Å²) >= 11 is 0. The van der Waals surface area contributed by atoms with Gasteiger partial charge in [0.05, 0.1) is 12.3 Å². The predicted molar refractivity (Wildman–Crippen MR) is 117 cm³/mol. The molecule has 10 heteroatoms. The second kappa shape index (κ2) is 10.6. The lowest BCUT2D eigenvalue weighted by atomic mass is 10.1. The molecule has 0 spiro atoms. The summed E-state index contributed by atoms with van der Waals surface area (Å²) in [7, 11) is -3.04. The summed E-state index contributed by atoms with van der Waals surface area (Å²) in [6.07, 6.45) is 2.96. The molecular formula is C18H28F2IN3O3S. The van der Waals surface area contributed by atoms with Crippen molar-refractivity contribution in [3.05, 3.63) is 29.3 Å². The van der Waals surface area contributed by atoms with E-state index in [0.717, 1.165) is 18.4 Å². The number of benzene rings is 1. The number of nitrogens with one attached hydrogen (secondary N) is 2. The summed E-state index contributed by atoms with van der Waals surface area (Å²) in [6.45, 7) is 2.17. The van der Waals surface area contributed by atoms with Crippen LogP contribution >= 0.6 is 24.0 Å². The minimum atomic E-state index is -3.04. The fourth-order valence-electron chi connectivity index (χ4n) is 2.93. The third-order valence-corrected chi connectivity index (χ3v) is 5.48. The molecule has 2 rings (SSSR count).